The smallest absolute Gasteiger partial charge is 0.336 e. The highest BCUT2D eigenvalue weighted by molar-refractivity contribution is 5.94. The number of urea groups is 1. The second-order valence-electron chi connectivity index (χ2n) is 5.89. The van der Waals surface area contributed by atoms with Gasteiger partial charge in [0, 0.05) is 11.7 Å². The number of carbonyl (C=O) groups excluding carboxylic acids is 1. The number of carboxylic acids is 1. The Morgan fingerprint density at radius 2 is 1.86 bits per heavy atom. The van der Waals surface area contributed by atoms with Crippen LogP contribution < -0.4 is 10.6 Å². The van der Waals surface area contributed by atoms with Crippen LogP contribution in [-0.4, -0.2) is 23.1 Å². The van der Waals surface area contributed by atoms with Gasteiger partial charge in [0.15, 0.2) is 0 Å². The van der Waals surface area contributed by atoms with Crippen molar-refractivity contribution in [3.8, 4) is 0 Å². The van der Waals surface area contributed by atoms with E-state index < -0.39 is 5.97 Å². The van der Waals surface area contributed by atoms with Gasteiger partial charge in [0.05, 0.1) is 5.56 Å². The van der Waals surface area contributed by atoms with Crippen LogP contribution in [0, 0.1) is 12.8 Å². The lowest BCUT2D eigenvalue weighted by atomic mass is 9.87. The van der Waals surface area contributed by atoms with Crippen molar-refractivity contribution < 1.29 is 14.7 Å². The lowest BCUT2D eigenvalue weighted by Crippen LogP contribution is -2.39. The minimum Gasteiger partial charge on any atom is -0.478 e. The molecule has 0 atom stereocenters. The largest absolute Gasteiger partial charge is 0.478 e. The predicted octanol–water partition coefficient (Wildman–Crippen LogP) is 3.39. The number of carboxylic acid groups (broad SMARTS) is 1. The molecule has 0 unspecified atom stereocenters. The first-order chi connectivity index (χ1) is 9.95. The van der Waals surface area contributed by atoms with Gasteiger partial charge in [0.1, 0.15) is 0 Å². The number of nitrogens with one attached hydrogen (secondary N) is 2. The van der Waals surface area contributed by atoms with E-state index in [-0.39, 0.29) is 17.6 Å². The van der Waals surface area contributed by atoms with Crippen molar-refractivity contribution in [3.05, 3.63) is 29.3 Å². The Bertz CT molecular complexity index is 534. The molecule has 1 aliphatic rings. The number of amides is 2. The highest BCUT2D eigenvalue weighted by Gasteiger charge is 2.19. The molecule has 0 aliphatic heterocycles. The summed E-state index contributed by atoms with van der Waals surface area (Å²) < 4.78 is 0. The van der Waals surface area contributed by atoms with Crippen molar-refractivity contribution in [2.45, 2.75) is 45.6 Å². The second kappa shape index (κ2) is 6.61. The van der Waals surface area contributed by atoms with Crippen molar-refractivity contribution in [1.29, 1.82) is 0 Å². The molecule has 1 fully saturated rings. The van der Waals surface area contributed by atoms with E-state index in [2.05, 4.69) is 17.6 Å². The molecular formula is C16H22N2O3. The molecular weight excluding hydrogens is 268 g/mol. The number of aryl methyl sites for hydroxylation is 1. The summed E-state index contributed by atoms with van der Waals surface area (Å²) in [6.45, 7) is 3.96. The van der Waals surface area contributed by atoms with E-state index in [0.717, 1.165) is 31.6 Å². The van der Waals surface area contributed by atoms with Crippen LogP contribution in [0.3, 0.4) is 0 Å². The van der Waals surface area contributed by atoms with Crippen LogP contribution in [0.15, 0.2) is 18.2 Å². The summed E-state index contributed by atoms with van der Waals surface area (Å²) in [6, 6.07) is 4.84. The fourth-order valence-corrected chi connectivity index (χ4v) is 2.69. The van der Waals surface area contributed by atoms with Gasteiger partial charge < -0.3 is 15.7 Å². The number of hydrogen-bond donors (Lipinski definition) is 3. The lowest BCUT2D eigenvalue weighted by molar-refractivity contribution is 0.0696. The standard InChI is InChI=1S/C16H22N2O3/c1-10-3-6-12(7-4-10)17-16(21)18-13-8-5-11(2)14(9-13)15(19)20/h5,8-10,12H,3-4,6-7H2,1-2H3,(H,19,20)(H2,17,18,21). The third-order valence-corrected chi connectivity index (χ3v) is 4.08. The first-order valence-corrected chi connectivity index (χ1v) is 7.37. The summed E-state index contributed by atoms with van der Waals surface area (Å²) in [5, 5.41) is 14.7. The highest BCUT2D eigenvalue weighted by atomic mass is 16.4. The molecule has 5 heteroatoms. The molecule has 3 N–H and O–H groups in total. The fourth-order valence-electron chi connectivity index (χ4n) is 2.69. The zero-order valence-electron chi connectivity index (χ0n) is 12.5. The van der Waals surface area contributed by atoms with Gasteiger partial charge >= 0.3 is 12.0 Å². The summed E-state index contributed by atoms with van der Waals surface area (Å²) in [4.78, 5) is 23.0. The Morgan fingerprint density at radius 3 is 2.48 bits per heavy atom. The highest BCUT2D eigenvalue weighted by Crippen LogP contribution is 2.23. The first kappa shape index (κ1) is 15.4. The van der Waals surface area contributed by atoms with Gasteiger partial charge in [-0.25, -0.2) is 9.59 Å². The van der Waals surface area contributed by atoms with Crippen molar-refractivity contribution in [2.75, 3.05) is 5.32 Å². The van der Waals surface area contributed by atoms with Gasteiger partial charge in [-0.1, -0.05) is 13.0 Å². The molecule has 21 heavy (non-hydrogen) atoms. The summed E-state index contributed by atoms with van der Waals surface area (Å²) in [5.41, 5.74) is 1.38. The normalized spacial score (nSPS) is 21.6. The average Bonchev–Trinajstić information content (AvgIpc) is 2.43. The molecule has 1 aromatic rings. The van der Waals surface area contributed by atoms with Crippen LogP contribution in [0.1, 0.15) is 48.5 Å². The molecule has 0 spiro atoms. The van der Waals surface area contributed by atoms with E-state index in [1.54, 1.807) is 19.1 Å². The Labute approximate surface area is 124 Å². The number of benzene rings is 1. The molecule has 1 aromatic carbocycles. The number of rotatable bonds is 3. The van der Waals surface area contributed by atoms with Crippen LogP contribution >= 0.6 is 0 Å². The van der Waals surface area contributed by atoms with Crippen LogP contribution in [0.25, 0.3) is 0 Å². The Morgan fingerprint density at radius 1 is 1.19 bits per heavy atom. The summed E-state index contributed by atoms with van der Waals surface area (Å²) in [7, 11) is 0. The first-order valence-electron chi connectivity index (χ1n) is 7.37. The van der Waals surface area contributed by atoms with E-state index in [4.69, 9.17) is 5.11 Å². The monoisotopic (exact) mass is 290 g/mol. The molecule has 1 saturated carbocycles. The molecule has 0 bridgehead atoms. The number of anilines is 1. The van der Waals surface area contributed by atoms with E-state index in [9.17, 15) is 9.59 Å². The van der Waals surface area contributed by atoms with E-state index in [1.807, 2.05) is 0 Å². The van der Waals surface area contributed by atoms with Gasteiger partial charge in [-0.3, -0.25) is 0 Å². The van der Waals surface area contributed by atoms with Crippen molar-refractivity contribution >= 4 is 17.7 Å². The molecule has 0 aromatic heterocycles. The molecule has 0 radical (unpaired) electrons. The SMILES string of the molecule is Cc1ccc(NC(=O)NC2CCC(C)CC2)cc1C(=O)O. The van der Waals surface area contributed by atoms with Gasteiger partial charge in [0.25, 0.3) is 0 Å². The van der Waals surface area contributed by atoms with Gasteiger partial charge in [-0.2, -0.15) is 0 Å². The van der Waals surface area contributed by atoms with Crippen LogP contribution in [-0.2, 0) is 0 Å². The molecule has 1 aliphatic carbocycles. The second-order valence-corrected chi connectivity index (χ2v) is 5.89. The van der Waals surface area contributed by atoms with Gasteiger partial charge in [-0.05, 0) is 56.2 Å². The number of hydrogen-bond acceptors (Lipinski definition) is 2. The topological polar surface area (TPSA) is 78.4 Å². The number of carbonyl (C=O) groups is 2. The molecule has 2 rings (SSSR count). The number of aromatic carboxylic acids is 1. The van der Waals surface area contributed by atoms with Gasteiger partial charge in [0.2, 0.25) is 0 Å². The minimum absolute atomic E-state index is 0.208. The Hall–Kier alpha value is -2.04. The third kappa shape index (κ3) is 4.21. The van der Waals surface area contributed by atoms with Crippen LogP contribution in [0.2, 0.25) is 0 Å². The van der Waals surface area contributed by atoms with E-state index >= 15 is 0 Å². The maximum Gasteiger partial charge on any atom is 0.336 e. The van der Waals surface area contributed by atoms with E-state index in [1.165, 1.54) is 6.07 Å². The molecule has 0 saturated heterocycles. The Balaban J connectivity index is 1.93. The molecule has 2 amide bonds. The van der Waals surface area contributed by atoms with Crippen LogP contribution in [0.5, 0.6) is 0 Å². The minimum atomic E-state index is -0.988. The lowest BCUT2D eigenvalue weighted by Gasteiger charge is -2.26. The van der Waals surface area contributed by atoms with Crippen molar-refractivity contribution in [2.24, 2.45) is 5.92 Å². The van der Waals surface area contributed by atoms with Crippen LogP contribution in [0.4, 0.5) is 10.5 Å². The van der Waals surface area contributed by atoms with Gasteiger partial charge in [-0.15, -0.1) is 0 Å². The molecule has 0 heterocycles. The summed E-state index contributed by atoms with van der Waals surface area (Å²) >= 11 is 0. The third-order valence-electron chi connectivity index (χ3n) is 4.08. The zero-order valence-corrected chi connectivity index (χ0v) is 12.5. The Kier molecular flexibility index (Phi) is 4.83. The predicted molar refractivity (Wildman–Crippen MR) is 81.7 cm³/mol. The maximum absolute atomic E-state index is 12.0. The quantitative estimate of drug-likeness (QED) is 0.798. The fraction of sp³-hybridized carbons (Fsp3) is 0.500. The average molecular weight is 290 g/mol. The molecule has 114 valence electrons. The maximum atomic E-state index is 12.0. The van der Waals surface area contributed by atoms with Crippen molar-refractivity contribution in [3.63, 3.8) is 0 Å². The van der Waals surface area contributed by atoms with E-state index in [0.29, 0.717) is 11.3 Å². The summed E-state index contributed by atoms with van der Waals surface area (Å²) in [5.74, 6) is -0.251. The summed E-state index contributed by atoms with van der Waals surface area (Å²) in [6.07, 6.45) is 4.28. The zero-order chi connectivity index (χ0) is 15.4. The van der Waals surface area contributed by atoms with Crippen molar-refractivity contribution in [1.82, 2.24) is 5.32 Å². The molecule has 5 nitrogen and oxygen atoms in total.